The molecule has 5 heteroatoms. The van der Waals surface area contributed by atoms with Gasteiger partial charge in [-0.2, -0.15) is 0 Å². The molecule has 1 fully saturated rings. The van der Waals surface area contributed by atoms with Crippen LogP contribution in [0, 0.1) is 0 Å². The quantitative estimate of drug-likeness (QED) is 0.852. The molecule has 2 unspecified atom stereocenters. The highest BCUT2D eigenvalue weighted by molar-refractivity contribution is 8.01. The van der Waals surface area contributed by atoms with Crippen LogP contribution in [-0.2, 0) is 0 Å². The second-order valence-corrected chi connectivity index (χ2v) is 6.60. The summed E-state index contributed by atoms with van der Waals surface area (Å²) in [7, 11) is 0. The van der Waals surface area contributed by atoms with E-state index in [-0.39, 0.29) is 12.1 Å². The van der Waals surface area contributed by atoms with Crippen molar-refractivity contribution in [1.29, 1.82) is 0 Å². The van der Waals surface area contributed by atoms with Crippen LogP contribution in [-0.4, -0.2) is 27.5 Å². The summed E-state index contributed by atoms with van der Waals surface area (Å²) in [6, 6.07) is 0. The van der Waals surface area contributed by atoms with Crippen molar-refractivity contribution in [1.82, 2.24) is 4.98 Å². The Labute approximate surface area is 98.1 Å². The zero-order valence-corrected chi connectivity index (χ0v) is 10.2. The first-order valence-corrected chi connectivity index (χ1v) is 6.94. The van der Waals surface area contributed by atoms with Gasteiger partial charge in [0.25, 0.3) is 0 Å². The Morgan fingerprint density at radius 3 is 3.27 bits per heavy atom. The van der Waals surface area contributed by atoms with E-state index in [1.807, 2.05) is 11.6 Å². The topological polar surface area (TPSA) is 59.1 Å². The predicted molar refractivity (Wildman–Crippen MR) is 64.2 cm³/mol. The number of aliphatic hydroxyl groups excluding tert-OH is 1. The van der Waals surface area contributed by atoms with Crippen molar-refractivity contribution in [3.05, 3.63) is 11.6 Å². The van der Waals surface area contributed by atoms with E-state index in [1.54, 1.807) is 23.1 Å². The highest BCUT2D eigenvalue weighted by atomic mass is 32.2. The monoisotopic (exact) mass is 244 g/mol. The number of nitrogens with two attached hydrogens (primary N) is 1. The maximum atomic E-state index is 9.25. The summed E-state index contributed by atoms with van der Waals surface area (Å²) in [5.74, 6) is 0. The molecule has 1 aromatic rings. The van der Waals surface area contributed by atoms with Gasteiger partial charge in [0.15, 0.2) is 0 Å². The Hall–Kier alpha value is -0.100. The number of rotatable bonds is 3. The molecular weight excluding hydrogens is 228 g/mol. The third kappa shape index (κ3) is 2.93. The molecule has 1 saturated carbocycles. The van der Waals surface area contributed by atoms with Gasteiger partial charge < -0.3 is 10.8 Å². The predicted octanol–water partition coefficient (Wildman–Crippen LogP) is 1.87. The molecule has 3 nitrogen and oxygen atoms in total. The van der Waals surface area contributed by atoms with Gasteiger partial charge in [0.2, 0.25) is 0 Å². The van der Waals surface area contributed by atoms with Crippen LogP contribution >= 0.6 is 23.1 Å². The van der Waals surface area contributed by atoms with E-state index in [2.05, 4.69) is 4.98 Å². The lowest BCUT2D eigenvalue weighted by atomic mass is 9.83. The third-order valence-electron chi connectivity index (χ3n) is 2.83. The van der Waals surface area contributed by atoms with E-state index in [9.17, 15) is 5.11 Å². The molecule has 0 spiro atoms. The zero-order valence-electron chi connectivity index (χ0n) is 8.56. The van der Waals surface area contributed by atoms with Crippen molar-refractivity contribution < 1.29 is 5.11 Å². The number of aromatic nitrogens is 1. The standard InChI is InChI=1S/C10H16N2OS2/c11-10(7-13)3-1-2-8(6-10)15-9-12-4-5-14-9/h4-5,8,13H,1-3,6-7,11H2. The minimum atomic E-state index is -0.354. The van der Waals surface area contributed by atoms with Gasteiger partial charge in [-0.05, 0) is 19.3 Å². The summed E-state index contributed by atoms with van der Waals surface area (Å²) in [5, 5.41) is 11.8. The minimum Gasteiger partial charge on any atom is -0.394 e. The van der Waals surface area contributed by atoms with Gasteiger partial charge in [-0.15, -0.1) is 11.3 Å². The van der Waals surface area contributed by atoms with E-state index >= 15 is 0 Å². The van der Waals surface area contributed by atoms with Crippen LogP contribution in [0.4, 0.5) is 0 Å². The lowest BCUT2D eigenvalue weighted by Gasteiger charge is -2.35. The molecule has 0 bridgehead atoms. The molecule has 0 aromatic carbocycles. The SMILES string of the molecule is NC1(CO)CCCC(Sc2nccs2)C1. The molecule has 0 aliphatic heterocycles. The summed E-state index contributed by atoms with van der Waals surface area (Å²) >= 11 is 3.48. The van der Waals surface area contributed by atoms with Crippen LogP contribution in [0.2, 0.25) is 0 Å². The molecule has 3 N–H and O–H groups in total. The van der Waals surface area contributed by atoms with Crippen molar-refractivity contribution in [2.45, 2.75) is 40.8 Å². The van der Waals surface area contributed by atoms with Gasteiger partial charge in [-0.3, -0.25) is 0 Å². The molecule has 84 valence electrons. The number of aliphatic hydroxyl groups is 1. The summed E-state index contributed by atoms with van der Waals surface area (Å²) in [4.78, 5) is 4.26. The molecule has 0 radical (unpaired) electrons. The summed E-state index contributed by atoms with van der Waals surface area (Å²) < 4.78 is 1.11. The van der Waals surface area contributed by atoms with E-state index in [4.69, 9.17) is 5.73 Å². The Morgan fingerprint density at radius 1 is 1.73 bits per heavy atom. The molecule has 2 atom stereocenters. The Bertz CT molecular complexity index is 304. The molecule has 1 aliphatic rings. The van der Waals surface area contributed by atoms with Gasteiger partial charge >= 0.3 is 0 Å². The second kappa shape index (κ2) is 4.82. The van der Waals surface area contributed by atoms with Gasteiger partial charge in [0, 0.05) is 22.4 Å². The van der Waals surface area contributed by atoms with Gasteiger partial charge in [-0.25, -0.2) is 4.98 Å². The largest absolute Gasteiger partial charge is 0.394 e. The second-order valence-electron chi connectivity index (χ2n) is 4.15. The fraction of sp³-hybridized carbons (Fsp3) is 0.700. The van der Waals surface area contributed by atoms with E-state index in [0.717, 1.165) is 23.6 Å². The lowest BCUT2D eigenvalue weighted by Crippen LogP contribution is -2.48. The normalized spacial score (nSPS) is 31.7. The first-order valence-electron chi connectivity index (χ1n) is 5.18. The fourth-order valence-electron chi connectivity index (χ4n) is 1.99. The van der Waals surface area contributed by atoms with Crippen molar-refractivity contribution in [2.75, 3.05) is 6.61 Å². The summed E-state index contributed by atoms with van der Waals surface area (Å²) in [6.07, 6.45) is 5.97. The Balaban J connectivity index is 1.93. The van der Waals surface area contributed by atoms with E-state index in [1.165, 1.54) is 6.42 Å². The Morgan fingerprint density at radius 2 is 2.60 bits per heavy atom. The molecule has 1 aliphatic carbocycles. The third-order valence-corrected chi connectivity index (χ3v) is 5.01. The molecule has 2 rings (SSSR count). The average Bonchev–Trinajstić information content (AvgIpc) is 2.71. The Kier molecular flexibility index (Phi) is 3.66. The van der Waals surface area contributed by atoms with Crippen molar-refractivity contribution in [3.8, 4) is 0 Å². The first kappa shape index (κ1) is 11.4. The van der Waals surface area contributed by atoms with E-state index < -0.39 is 0 Å². The summed E-state index contributed by atoms with van der Waals surface area (Å²) in [5.41, 5.74) is 5.74. The minimum absolute atomic E-state index is 0.0991. The molecule has 15 heavy (non-hydrogen) atoms. The number of nitrogens with zero attached hydrogens (tertiary/aromatic N) is 1. The van der Waals surface area contributed by atoms with Gasteiger partial charge in [0.1, 0.15) is 4.34 Å². The van der Waals surface area contributed by atoms with Gasteiger partial charge in [-0.1, -0.05) is 18.2 Å². The molecule has 0 saturated heterocycles. The van der Waals surface area contributed by atoms with Crippen LogP contribution in [0.1, 0.15) is 25.7 Å². The van der Waals surface area contributed by atoms with Crippen LogP contribution in [0.15, 0.2) is 15.9 Å². The van der Waals surface area contributed by atoms with Crippen LogP contribution < -0.4 is 5.73 Å². The first-order chi connectivity index (χ1) is 7.22. The van der Waals surface area contributed by atoms with Crippen molar-refractivity contribution >= 4 is 23.1 Å². The average molecular weight is 244 g/mol. The highest BCUT2D eigenvalue weighted by Crippen LogP contribution is 2.37. The smallest absolute Gasteiger partial charge is 0.150 e. The van der Waals surface area contributed by atoms with E-state index in [0.29, 0.717) is 5.25 Å². The van der Waals surface area contributed by atoms with Crippen LogP contribution in [0.25, 0.3) is 0 Å². The fourth-order valence-corrected chi connectivity index (χ4v) is 4.26. The van der Waals surface area contributed by atoms with Crippen LogP contribution in [0.5, 0.6) is 0 Å². The lowest BCUT2D eigenvalue weighted by molar-refractivity contribution is 0.159. The maximum Gasteiger partial charge on any atom is 0.150 e. The number of thiazole rings is 1. The number of hydrogen-bond donors (Lipinski definition) is 2. The molecule has 0 amide bonds. The number of thioether (sulfide) groups is 1. The van der Waals surface area contributed by atoms with Gasteiger partial charge in [0.05, 0.1) is 6.61 Å². The molecule has 1 aromatic heterocycles. The number of hydrogen-bond acceptors (Lipinski definition) is 5. The molecular formula is C10H16N2OS2. The highest BCUT2D eigenvalue weighted by Gasteiger charge is 2.32. The maximum absolute atomic E-state index is 9.25. The molecule has 1 heterocycles. The summed E-state index contributed by atoms with van der Waals surface area (Å²) in [6.45, 7) is 0.0991. The van der Waals surface area contributed by atoms with Crippen molar-refractivity contribution in [3.63, 3.8) is 0 Å². The van der Waals surface area contributed by atoms with Crippen LogP contribution in [0.3, 0.4) is 0 Å². The zero-order chi connectivity index (χ0) is 10.7. The van der Waals surface area contributed by atoms with Crippen molar-refractivity contribution in [2.24, 2.45) is 5.73 Å².